The van der Waals surface area contributed by atoms with Gasteiger partial charge in [0.1, 0.15) is 0 Å². The predicted molar refractivity (Wildman–Crippen MR) is 121 cm³/mol. The van der Waals surface area contributed by atoms with Crippen LogP contribution in [0.3, 0.4) is 0 Å². The van der Waals surface area contributed by atoms with E-state index < -0.39 is 23.7 Å². The second kappa shape index (κ2) is 8.65. The molecule has 0 unspecified atom stereocenters. The van der Waals surface area contributed by atoms with E-state index in [1.165, 1.54) is 25.2 Å². The van der Waals surface area contributed by atoms with E-state index >= 15 is 0 Å². The van der Waals surface area contributed by atoms with Crippen molar-refractivity contribution in [3.8, 4) is 11.5 Å². The van der Waals surface area contributed by atoms with Crippen molar-refractivity contribution in [1.29, 1.82) is 0 Å². The number of ketones is 1. The van der Waals surface area contributed by atoms with Gasteiger partial charge in [-0.15, -0.1) is 0 Å². The van der Waals surface area contributed by atoms with Crippen LogP contribution in [0.1, 0.15) is 27.9 Å². The van der Waals surface area contributed by atoms with Crippen LogP contribution in [0.15, 0.2) is 66.7 Å². The van der Waals surface area contributed by atoms with Gasteiger partial charge < -0.3 is 19.5 Å². The number of rotatable bonds is 7. The first-order valence-electron chi connectivity index (χ1n) is 10.0. The number of carbonyl (C=O) groups excluding carboxylic acids is 2. The normalized spacial score (nSPS) is 17.2. The lowest BCUT2D eigenvalue weighted by atomic mass is 9.88. The minimum absolute atomic E-state index is 0.265. The summed E-state index contributed by atoms with van der Waals surface area (Å²) in [5, 5.41) is 11.9. The molecule has 0 saturated carbocycles. The molecule has 0 fully saturated rings. The Hall–Kier alpha value is -3.35. The highest BCUT2D eigenvalue weighted by Gasteiger charge is 2.51. The van der Waals surface area contributed by atoms with Crippen LogP contribution in [0.4, 0.5) is 5.69 Å². The summed E-state index contributed by atoms with van der Waals surface area (Å²) in [4.78, 5) is 28.0. The summed E-state index contributed by atoms with van der Waals surface area (Å²) in [5.41, 5.74) is 0.0241. The van der Waals surface area contributed by atoms with E-state index in [2.05, 4.69) is 0 Å². The number of halogens is 1. The van der Waals surface area contributed by atoms with E-state index in [1.807, 2.05) is 30.3 Å². The van der Waals surface area contributed by atoms with Crippen molar-refractivity contribution in [3.63, 3.8) is 0 Å². The Bertz CT molecular complexity index is 1180. The molecule has 0 saturated heterocycles. The molecule has 1 aliphatic rings. The van der Waals surface area contributed by atoms with E-state index in [0.717, 1.165) is 5.56 Å². The van der Waals surface area contributed by atoms with Crippen LogP contribution in [0.5, 0.6) is 11.5 Å². The molecular formula is C25H22ClNO5. The fourth-order valence-corrected chi connectivity index (χ4v) is 4.13. The molecule has 1 aliphatic heterocycles. The summed E-state index contributed by atoms with van der Waals surface area (Å²) in [7, 11) is 2.97. The first-order valence-corrected chi connectivity index (χ1v) is 10.4. The second-order valence-corrected chi connectivity index (χ2v) is 8.00. The molecule has 1 amide bonds. The Morgan fingerprint density at radius 2 is 1.72 bits per heavy atom. The van der Waals surface area contributed by atoms with Crippen LogP contribution < -0.4 is 14.4 Å². The number of fused-ring (bicyclic) bond motifs is 1. The monoisotopic (exact) mass is 451 g/mol. The zero-order valence-corrected chi connectivity index (χ0v) is 18.4. The van der Waals surface area contributed by atoms with Gasteiger partial charge in [-0.25, -0.2) is 0 Å². The molecule has 0 spiro atoms. The van der Waals surface area contributed by atoms with E-state index in [4.69, 9.17) is 21.1 Å². The molecule has 3 aromatic rings. The fraction of sp³-hybridized carbons (Fsp3) is 0.200. The van der Waals surface area contributed by atoms with E-state index in [-0.39, 0.29) is 6.54 Å². The average Bonchev–Trinajstić information content (AvgIpc) is 3.00. The highest BCUT2D eigenvalue weighted by molar-refractivity contribution is 6.31. The maximum Gasteiger partial charge on any atom is 0.264 e. The Labute approximate surface area is 191 Å². The minimum Gasteiger partial charge on any atom is -0.493 e. The lowest BCUT2D eigenvalue weighted by Gasteiger charge is -2.23. The number of nitrogens with zero attached hydrogens (tertiary/aromatic N) is 1. The van der Waals surface area contributed by atoms with Gasteiger partial charge in [0.25, 0.3) is 5.91 Å². The number of anilines is 1. The maximum absolute atomic E-state index is 13.4. The van der Waals surface area contributed by atoms with Gasteiger partial charge in [-0.3, -0.25) is 9.59 Å². The topological polar surface area (TPSA) is 76.1 Å². The van der Waals surface area contributed by atoms with Crippen molar-refractivity contribution in [3.05, 3.63) is 88.4 Å². The summed E-state index contributed by atoms with van der Waals surface area (Å²) < 4.78 is 10.5. The zero-order chi connectivity index (χ0) is 22.9. The molecule has 0 bridgehead atoms. The number of amides is 1. The van der Waals surface area contributed by atoms with Crippen LogP contribution in [0.2, 0.25) is 5.02 Å². The molecule has 6 nitrogen and oxygen atoms in total. The molecule has 0 aliphatic carbocycles. The molecule has 4 rings (SSSR count). The van der Waals surface area contributed by atoms with E-state index in [0.29, 0.717) is 33.3 Å². The quantitative estimate of drug-likeness (QED) is 0.540. The van der Waals surface area contributed by atoms with Crippen LogP contribution in [0, 0.1) is 0 Å². The fourth-order valence-electron chi connectivity index (χ4n) is 3.96. The summed E-state index contributed by atoms with van der Waals surface area (Å²) in [5.74, 6) is -0.107. The molecule has 164 valence electrons. The SMILES string of the molecule is COc1ccc(C(=O)C[C@]2(O)C(=O)N(Cc3ccccc3)c3ccc(Cl)cc32)cc1OC. The van der Waals surface area contributed by atoms with Gasteiger partial charge in [0.2, 0.25) is 0 Å². The third kappa shape index (κ3) is 3.83. The Morgan fingerprint density at radius 3 is 2.41 bits per heavy atom. The Balaban J connectivity index is 1.69. The summed E-state index contributed by atoms with van der Waals surface area (Å²) in [6, 6.07) is 19.1. The van der Waals surface area contributed by atoms with Gasteiger partial charge in [-0.1, -0.05) is 41.9 Å². The van der Waals surface area contributed by atoms with Crippen molar-refractivity contribution in [2.75, 3.05) is 19.1 Å². The van der Waals surface area contributed by atoms with Crippen molar-refractivity contribution in [1.82, 2.24) is 0 Å². The smallest absolute Gasteiger partial charge is 0.264 e. The first-order chi connectivity index (χ1) is 15.4. The van der Waals surface area contributed by atoms with Gasteiger partial charge >= 0.3 is 0 Å². The average molecular weight is 452 g/mol. The van der Waals surface area contributed by atoms with Crippen molar-refractivity contribution in [2.24, 2.45) is 0 Å². The number of methoxy groups -OCH3 is 2. The largest absolute Gasteiger partial charge is 0.493 e. The minimum atomic E-state index is -2.03. The molecule has 7 heteroatoms. The standard InChI is InChI=1S/C25H22ClNO5/c1-31-22-11-8-17(12-23(22)32-2)21(28)14-25(30)19-13-18(26)9-10-20(19)27(24(25)29)15-16-6-4-3-5-7-16/h3-13,30H,14-15H2,1-2H3/t25-/m1/s1. The Morgan fingerprint density at radius 1 is 1.00 bits per heavy atom. The molecule has 32 heavy (non-hydrogen) atoms. The van der Waals surface area contributed by atoms with Crippen molar-refractivity contribution < 1.29 is 24.2 Å². The van der Waals surface area contributed by atoms with Gasteiger partial charge in [0, 0.05) is 16.1 Å². The predicted octanol–water partition coefficient (Wildman–Crippen LogP) is 4.36. The number of Topliss-reactive ketones (excluding diaryl/α,β-unsaturated/α-hetero) is 1. The van der Waals surface area contributed by atoms with E-state index in [9.17, 15) is 14.7 Å². The van der Waals surface area contributed by atoms with Gasteiger partial charge in [0.15, 0.2) is 22.9 Å². The third-order valence-corrected chi connectivity index (χ3v) is 5.83. The molecule has 0 radical (unpaired) electrons. The lowest BCUT2D eigenvalue weighted by molar-refractivity contribution is -0.136. The third-order valence-electron chi connectivity index (χ3n) is 5.60. The molecule has 3 aromatic carbocycles. The summed E-state index contributed by atoms with van der Waals surface area (Å²) in [6.45, 7) is 0.265. The van der Waals surface area contributed by atoms with Crippen LogP contribution in [0.25, 0.3) is 0 Å². The van der Waals surface area contributed by atoms with Gasteiger partial charge in [-0.05, 0) is 42.0 Å². The highest BCUT2D eigenvalue weighted by atomic mass is 35.5. The molecular weight excluding hydrogens is 430 g/mol. The van der Waals surface area contributed by atoms with Crippen LogP contribution in [-0.4, -0.2) is 31.0 Å². The Kier molecular flexibility index (Phi) is 5.91. The molecule has 1 N–H and O–H groups in total. The zero-order valence-electron chi connectivity index (χ0n) is 17.7. The molecule has 1 heterocycles. The van der Waals surface area contributed by atoms with Crippen LogP contribution >= 0.6 is 11.6 Å². The summed E-state index contributed by atoms with van der Waals surface area (Å²) >= 11 is 6.18. The van der Waals surface area contributed by atoms with Crippen LogP contribution in [-0.2, 0) is 16.9 Å². The maximum atomic E-state index is 13.4. The summed E-state index contributed by atoms with van der Waals surface area (Å²) in [6.07, 6.45) is -0.431. The molecule has 0 aromatic heterocycles. The van der Waals surface area contributed by atoms with Crippen molar-refractivity contribution in [2.45, 2.75) is 18.6 Å². The number of hydrogen-bond donors (Lipinski definition) is 1. The van der Waals surface area contributed by atoms with Gasteiger partial charge in [-0.2, -0.15) is 0 Å². The van der Waals surface area contributed by atoms with E-state index in [1.54, 1.807) is 30.3 Å². The number of ether oxygens (including phenoxy) is 2. The van der Waals surface area contributed by atoms with Crippen molar-refractivity contribution >= 4 is 29.0 Å². The highest BCUT2D eigenvalue weighted by Crippen LogP contribution is 2.45. The second-order valence-electron chi connectivity index (χ2n) is 7.57. The number of aliphatic hydroxyl groups is 1. The number of hydrogen-bond acceptors (Lipinski definition) is 5. The number of benzene rings is 3. The van der Waals surface area contributed by atoms with Gasteiger partial charge in [0.05, 0.1) is 32.9 Å². The lowest BCUT2D eigenvalue weighted by Crippen LogP contribution is -2.41. The molecule has 1 atom stereocenters. The first kappa shape index (κ1) is 21.9. The number of carbonyl (C=O) groups is 2.